The van der Waals surface area contributed by atoms with Crippen LogP contribution in [0.2, 0.25) is 0 Å². The van der Waals surface area contributed by atoms with Crippen molar-refractivity contribution >= 4 is 17.9 Å². The van der Waals surface area contributed by atoms with E-state index < -0.39 is 6.10 Å². The van der Waals surface area contributed by atoms with Crippen LogP contribution < -0.4 is 0 Å². The van der Waals surface area contributed by atoms with Gasteiger partial charge in [-0.2, -0.15) is 0 Å². The number of unbranched alkanes of at least 4 members (excludes halogenated alkanes) is 47. The van der Waals surface area contributed by atoms with Gasteiger partial charge >= 0.3 is 17.9 Å². The van der Waals surface area contributed by atoms with Crippen molar-refractivity contribution in [3.63, 3.8) is 0 Å². The Morgan fingerprint density at radius 1 is 0.253 bits per heavy atom. The highest BCUT2D eigenvalue weighted by Crippen LogP contribution is 2.19. The summed E-state index contributed by atoms with van der Waals surface area (Å²) in [5.74, 6) is -0.844. The van der Waals surface area contributed by atoms with E-state index >= 15 is 0 Å². The third-order valence-electron chi connectivity index (χ3n) is 16.5. The van der Waals surface area contributed by atoms with Crippen LogP contribution in [0.15, 0.2) is 60.8 Å². The molecule has 0 rings (SSSR count). The lowest BCUT2D eigenvalue weighted by atomic mass is 10.0. The maximum atomic E-state index is 13.0. The molecule has 484 valence electrons. The van der Waals surface area contributed by atoms with Crippen molar-refractivity contribution in [2.75, 3.05) is 13.2 Å². The van der Waals surface area contributed by atoms with Gasteiger partial charge in [0.25, 0.3) is 0 Å². The highest BCUT2D eigenvalue weighted by Gasteiger charge is 2.19. The van der Waals surface area contributed by atoms with Gasteiger partial charge in [0.15, 0.2) is 6.10 Å². The number of hydrogen-bond acceptors (Lipinski definition) is 6. The normalized spacial score (nSPS) is 12.4. The third kappa shape index (κ3) is 69.8. The minimum absolute atomic E-state index is 0.0687. The van der Waals surface area contributed by atoms with E-state index in [1.54, 1.807) is 0 Å². The van der Waals surface area contributed by atoms with Crippen LogP contribution in [0.4, 0.5) is 0 Å². The molecule has 0 aliphatic carbocycles. The lowest BCUT2D eigenvalue weighted by Crippen LogP contribution is -2.30. The van der Waals surface area contributed by atoms with E-state index in [1.165, 1.54) is 263 Å². The summed E-state index contributed by atoms with van der Waals surface area (Å²) < 4.78 is 17.0. The maximum Gasteiger partial charge on any atom is 0.306 e. The molecule has 1 atom stereocenters. The molecular weight excluding hydrogens is 1020 g/mol. The summed E-state index contributed by atoms with van der Waals surface area (Å²) in [5.41, 5.74) is 0. The van der Waals surface area contributed by atoms with Gasteiger partial charge in [0.05, 0.1) is 0 Å². The van der Waals surface area contributed by atoms with Crippen LogP contribution in [-0.4, -0.2) is 37.2 Å². The van der Waals surface area contributed by atoms with Crippen molar-refractivity contribution in [2.24, 2.45) is 0 Å². The molecule has 0 aliphatic heterocycles. The molecule has 0 amide bonds. The van der Waals surface area contributed by atoms with E-state index in [0.29, 0.717) is 19.3 Å². The van der Waals surface area contributed by atoms with Gasteiger partial charge in [0.1, 0.15) is 13.2 Å². The molecule has 0 saturated carbocycles. The van der Waals surface area contributed by atoms with Crippen LogP contribution in [0.3, 0.4) is 0 Å². The van der Waals surface area contributed by atoms with Crippen LogP contribution >= 0.6 is 0 Å². The average molecular weight is 1160 g/mol. The summed E-state index contributed by atoms with van der Waals surface area (Å²) in [6.45, 7) is 6.59. The summed E-state index contributed by atoms with van der Waals surface area (Å²) in [4.78, 5) is 38.5. The summed E-state index contributed by atoms with van der Waals surface area (Å²) >= 11 is 0. The fourth-order valence-electron chi connectivity index (χ4n) is 11.1. The molecule has 1 unspecified atom stereocenters. The van der Waals surface area contributed by atoms with Crippen molar-refractivity contribution in [1.82, 2.24) is 0 Å². The van der Waals surface area contributed by atoms with Gasteiger partial charge in [0, 0.05) is 19.3 Å². The number of ether oxygens (including phenoxy) is 3. The van der Waals surface area contributed by atoms with Crippen LogP contribution in [0, 0.1) is 0 Å². The molecule has 0 aliphatic rings. The molecule has 6 heteroatoms. The number of allylic oxidation sites excluding steroid dienone is 10. The Morgan fingerprint density at radius 2 is 0.470 bits per heavy atom. The molecule has 0 fully saturated rings. The van der Waals surface area contributed by atoms with E-state index in [-0.39, 0.29) is 31.1 Å². The summed E-state index contributed by atoms with van der Waals surface area (Å²) in [5, 5.41) is 0. The lowest BCUT2D eigenvalue weighted by Gasteiger charge is -2.18. The lowest BCUT2D eigenvalue weighted by molar-refractivity contribution is -0.167. The van der Waals surface area contributed by atoms with Gasteiger partial charge in [0.2, 0.25) is 0 Å². The van der Waals surface area contributed by atoms with E-state index in [4.69, 9.17) is 14.2 Å². The Kier molecular flexibility index (Phi) is 69.1. The van der Waals surface area contributed by atoms with Gasteiger partial charge in [-0.1, -0.05) is 370 Å². The zero-order chi connectivity index (χ0) is 59.9. The smallest absolute Gasteiger partial charge is 0.306 e. The molecule has 0 heterocycles. The predicted molar refractivity (Wildman–Crippen MR) is 362 cm³/mol. The molecule has 0 radical (unpaired) electrons. The first-order valence-corrected chi connectivity index (χ1v) is 36.8. The van der Waals surface area contributed by atoms with Crippen molar-refractivity contribution in [3.05, 3.63) is 60.8 Å². The molecule has 83 heavy (non-hydrogen) atoms. The highest BCUT2D eigenvalue weighted by atomic mass is 16.6. The van der Waals surface area contributed by atoms with Crippen LogP contribution in [-0.2, 0) is 28.6 Å². The SMILES string of the molecule is CC/C=C\C/C=C\C/C=C\C/C=C\C/C=C\CCCCCCCCCCCCCC(=O)OCC(COC(=O)CCCCCCCCCCCCCC)OC(=O)CCCCCCCCCCCCCCCCCCCCCCCCCCCC. The minimum atomic E-state index is -0.773. The van der Waals surface area contributed by atoms with Crippen molar-refractivity contribution in [1.29, 1.82) is 0 Å². The minimum Gasteiger partial charge on any atom is -0.462 e. The second-order valence-corrected chi connectivity index (χ2v) is 24.8. The van der Waals surface area contributed by atoms with Crippen molar-refractivity contribution < 1.29 is 28.6 Å². The summed E-state index contributed by atoms with van der Waals surface area (Å²) in [6, 6.07) is 0. The quantitative estimate of drug-likeness (QED) is 0.0261. The third-order valence-corrected chi connectivity index (χ3v) is 16.5. The zero-order valence-corrected chi connectivity index (χ0v) is 55.7. The number of carbonyl (C=O) groups excluding carboxylic acids is 3. The van der Waals surface area contributed by atoms with Gasteiger partial charge in [-0.3, -0.25) is 14.4 Å². The number of rotatable bonds is 68. The molecule has 0 saturated heterocycles. The Labute approximate surface area is 517 Å². The van der Waals surface area contributed by atoms with Gasteiger partial charge < -0.3 is 14.2 Å². The first kappa shape index (κ1) is 80.1. The molecule has 6 nitrogen and oxygen atoms in total. The Hall–Kier alpha value is -2.89. The molecular formula is C77H140O6. The fraction of sp³-hybridized carbons (Fsp3) is 0.831. The van der Waals surface area contributed by atoms with Crippen LogP contribution in [0.1, 0.15) is 393 Å². The molecule has 0 bridgehead atoms. The maximum absolute atomic E-state index is 13.0. The number of esters is 3. The Bertz CT molecular complexity index is 1470. The summed E-state index contributed by atoms with van der Waals surface area (Å²) in [6.07, 6.45) is 92.6. The Morgan fingerprint density at radius 3 is 0.735 bits per heavy atom. The Balaban J connectivity index is 4.20. The monoisotopic (exact) mass is 1160 g/mol. The van der Waals surface area contributed by atoms with Crippen LogP contribution in [0.5, 0.6) is 0 Å². The first-order valence-electron chi connectivity index (χ1n) is 36.8. The number of hydrogen-bond donors (Lipinski definition) is 0. The molecule has 0 spiro atoms. The number of carbonyl (C=O) groups is 3. The first-order chi connectivity index (χ1) is 41.0. The van der Waals surface area contributed by atoms with Crippen molar-refractivity contribution in [2.45, 2.75) is 399 Å². The fourth-order valence-corrected chi connectivity index (χ4v) is 11.1. The molecule has 0 aromatic carbocycles. The van der Waals surface area contributed by atoms with Gasteiger partial charge in [-0.15, -0.1) is 0 Å². The predicted octanol–water partition coefficient (Wildman–Crippen LogP) is 25.5. The van der Waals surface area contributed by atoms with Gasteiger partial charge in [-0.25, -0.2) is 0 Å². The summed E-state index contributed by atoms with van der Waals surface area (Å²) in [7, 11) is 0. The molecule has 0 aromatic rings. The van der Waals surface area contributed by atoms with Crippen LogP contribution in [0.25, 0.3) is 0 Å². The van der Waals surface area contributed by atoms with E-state index in [0.717, 1.165) is 89.9 Å². The zero-order valence-electron chi connectivity index (χ0n) is 55.7. The van der Waals surface area contributed by atoms with E-state index in [9.17, 15) is 14.4 Å². The molecule has 0 N–H and O–H groups in total. The topological polar surface area (TPSA) is 78.9 Å². The highest BCUT2D eigenvalue weighted by molar-refractivity contribution is 5.71. The standard InChI is InChI=1S/C77H140O6/c1-4-7-10-13-16-19-22-25-27-29-31-33-35-37-39-41-42-44-46-48-50-52-55-58-61-64-67-70-76(79)82-73-74(72-81-75(78)69-66-63-60-57-54-24-21-18-15-12-9-6-3)83-77(80)71-68-65-62-59-56-53-51-49-47-45-43-40-38-36-34-32-30-28-26-23-20-17-14-11-8-5-2/h7,10,16,19,25,27,31,33,37,39,74H,4-6,8-9,11-15,17-18,20-24,26,28-30,32,34-36,38,40-73H2,1-3H3/b10-7-,19-16-,27-25-,33-31-,39-37-. The van der Waals surface area contributed by atoms with E-state index in [2.05, 4.69) is 81.5 Å². The largest absolute Gasteiger partial charge is 0.462 e. The van der Waals surface area contributed by atoms with E-state index in [1.807, 2.05) is 0 Å². The average Bonchev–Trinajstić information content (AvgIpc) is 3.49. The van der Waals surface area contributed by atoms with Crippen molar-refractivity contribution in [3.8, 4) is 0 Å². The second-order valence-electron chi connectivity index (χ2n) is 24.8. The van der Waals surface area contributed by atoms with Gasteiger partial charge in [-0.05, 0) is 64.2 Å². The molecule has 0 aromatic heterocycles. The second kappa shape index (κ2) is 71.6.